The number of phosphoric acid groups is 1. The van der Waals surface area contributed by atoms with Crippen molar-refractivity contribution in [2.24, 2.45) is 5.73 Å². The van der Waals surface area contributed by atoms with Crippen LogP contribution < -0.4 is 5.73 Å². The maximum atomic E-state index is 12.6. The van der Waals surface area contributed by atoms with Crippen molar-refractivity contribution in [3.63, 3.8) is 0 Å². The van der Waals surface area contributed by atoms with Crippen molar-refractivity contribution in [3.05, 3.63) is 36.5 Å². The second-order valence-corrected chi connectivity index (χ2v) is 17.1. The Balaban J connectivity index is 3.94. The van der Waals surface area contributed by atoms with E-state index in [4.69, 9.17) is 24.3 Å². The molecule has 2 atom stereocenters. The minimum absolute atomic E-state index is 0.0979. The van der Waals surface area contributed by atoms with E-state index in [1.807, 2.05) is 0 Å². The number of esters is 1. The highest BCUT2D eigenvalue weighted by Gasteiger charge is 2.25. The van der Waals surface area contributed by atoms with Crippen LogP contribution in [0.3, 0.4) is 0 Å². The molecule has 0 fully saturated rings. The van der Waals surface area contributed by atoms with Gasteiger partial charge in [-0.15, -0.1) is 0 Å². The number of phosphoric ester groups is 1. The highest BCUT2D eigenvalue weighted by Crippen LogP contribution is 2.43. The first-order valence-corrected chi connectivity index (χ1v) is 25.0. The number of hydrogen-bond donors (Lipinski definition) is 2. The topological polar surface area (TPSA) is 117 Å². The summed E-state index contributed by atoms with van der Waals surface area (Å²) in [5.74, 6) is -0.344. The molecule has 0 aliphatic heterocycles. The normalized spacial score (nSPS) is 13.7. The van der Waals surface area contributed by atoms with Crippen LogP contribution in [0.1, 0.15) is 219 Å². The van der Waals surface area contributed by atoms with Gasteiger partial charge < -0.3 is 20.1 Å². The van der Waals surface area contributed by atoms with Crippen LogP contribution in [0.25, 0.3) is 0 Å². The molecule has 56 heavy (non-hydrogen) atoms. The van der Waals surface area contributed by atoms with E-state index in [1.54, 1.807) is 0 Å². The Labute approximate surface area is 346 Å². The van der Waals surface area contributed by atoms with E-state index in [0.29, 0.717) is 13.0 Å². The minimum atomic E-state index is -4.28. The van der Waals surface area contributed by atoms with Crippen molar-refractivity contribution in [3.8, 4) is 0 Å². The van der Waals surface area contributed by atoms with Gasteiger partial charge in [-0.1, -0.05) is 204 Å². The van der Waals surface area contributed by atoms with Crippen LogP contribution in [0.4, 0.5) is 0 Å². The Morgan fingerprint density at radius 1 is 0.554 bits per heavy atom. The Morgan fingerprint density at radius 3 is 1.50 bits per heavy atom. The van der Waals surface area contributed by atoms with E-state index in [1.165, 1.54) is 128 Å². The summed E-state index contributed by atoms with van der Waals surface area (Å²) in [6.07, 6.45) is 51.8. The molecule has 3 N–H and O–H groups in total. The molecular weight excluding hydrogens is 721 g/mol. The Kier molecular flexibility index (Phi) is 43.8. The van der Waals surface area contributed by atoms with Gasteiger partial charge >= 0.3 is 13.8 Å². The second kappa shape index (κ2) is 44.8. The number of carbonyl (C=O) groups is 1. The van der Waals surface area contributed by atoms with Gasteiger partial charge in [0, 0.05) is 19.6 Å². The van der Waals surface area contributed by atoms with Gasteiger partial charge in [0.1, 0.15) is 6.10 Å². The third-order valence-electron chi connectivity index (χ3n) is 10.1. The Hall–Kier alpha value is -1.28. The van der Waals surface area contributed by atoms with Gasteiger partial charge in [-0.3, -0.25) is 13.8 Å². The number of unbranched alkanes of at least 4 members (excludes halogenated alkanes) is 26. The summed E-state index contributed by atoms with van der Waals surface area (Å²) in [7, 11) is -4.28. The molecule has 2 unspecified atom stereocenters. The molecular formula is C47H90NO7P. The number of allylic oxidation sites excluding steroid dienone is 6. The molecule has 8 nitrogen and oxygen atoms in total. The molecule has 0 heterocycles. The lowest BCUT2D eigenvalue weighted by Crippen LogP contribution is -2.28. The van der Waals surface area contributed by atoms with E-state index in [2.05, 4.69) is 50.3 Å². The Bertz CT molecular complexity index is 957. The molecule has 0 amide bonds. The smallest absolute Gasteiger partial charge is 0.457 e. The first-order chi connectivity index (χ1) is 27.4. The molecule has 0 spiro atoms. The molecule has 0 aliphatic rings. The molecule has 0 aromatic rings. The van der Waals surface area contributed by atoms with Gasteiger partial charge in [0.2, 0.25) is 0 Å². The van der Waals surface area contributed by atoms with Gasteiger partial charge in [0.25, 0.3) is 0 Å². The number of nitrogens with two attached hydrogens (primary N) is 1. The van der Waals surface area contributed by atoms with Crippen LogP contribution in [0.15, 0.2) is 36.5 Å². The van der Waals surface area contributed by atoms with Gasteiger partial charge in [-0.2, -0.15) is 0 Å². The first kappa shape index (κ1) is 54.7. The largest absolute Gasteiger partial charge is 0.472 e. The maximum Gasteiger partial charge on any atom is 0.472 e. The van der Waals surface area contributed by atoms with Crippen LogP contribution >= 0.6 is 7.82 Å². The van der Waals surface area contributed by atoms with E-state index >= 15 is 0 Å². The van der Waals surface area contributed by atoms with Gasteiger partial charge in [-0.25, -0.2) is 4.57 Å². The standard InChI is InChI=1S/C47H90NO7P/c1-3-5-7-9-11-13-15-17-19-20-21-22-23-24-25-27-29-31-33-35-37-39-42-52-44-46(45-54-56(50,51)53-43-41-48)55-47(49)40-38-36-34-32-30-28-26-18-16-14-12-10-8-6-4-2/h6,8,12,14,18,26,46H,3-5,7,9-11,13,15-17,19-25,27-45,48H2,1-2H3,(H,50,51)/b8-6-,14-12-,26-18-. The van der Waals surface area contributed by atoms with Crippen LogP contribution in [-0.4, -0.2) is 49.9 Å². The van der Waals surface area contributed by atoms with Gasteiger partial charge in [0.15, 0.2) is 0 Å². The van der Waals surface area contributed by atoms with Crippen LogP contribution in [0.2, 0.25) is 0 Å². The van der Waals surface area contributed by atoms with E-state index in [9.17, 15) is 14.3 Å². The number of rotatable bonds is 45. The fraction of sp³-hybridized carbons (Fsp3) is 0.851. The maximum absolute atomic E-state index is 12.6. The quantitative estimate of drug-likeness (QED) is 0.0270. The number of ether oxygens (including phenoxy) is 2. The molecule has 0 aliphatic carbocycles. The van der Waals surface area contributed by atoms with Crippen molar-refractivity contribution < 1.29 is 32.8 Å². The number of hydrogen-bond acceptors (Lipinski definition) is 7. The molecule has 0 saturated heterocycles. The molecule has 0 rings (SSSR count). The first-order valence-electron chi connectivity index (χ1n) is 23.5. The second-order valence-electron chi connectivity index (χ2n) is 15.6. The molecule has 0 aromatic carbocycles. The van der Waals surface area contributed by atoms with E-state index in [0.717, 1.165) is 70.6 Å². The predicted octanol–water partition coefficient (Wildman–Crippen LogP) is 14.2. The lowest BCUT2D eigenvalue weighted by molar-refractivity contribution is -0.154. The third kappa shape index (κ3) is 43.8. The molecule has 0 saturated carbocycles. The summed E-state index contributed by atoms with van der Waals surface area (Å²) in [4.78, 5) is 22.5. The summed E-state index contributed by atoms with van der Waals surface area (Å²) < 4.78 is 33.5. The SMILES string of the molecule is CC/C=C\C/C=C\C/C=C\CCCCCCCC(=O)OC(COCCCCCCCCCCCCCCCCCCCCCCCC)COP(=O)(O)OCCN. The van der Waals surface area contributed by atoms with Crippen molar-refractivity contribution in [1.82, 2.24) is 0 Å². The zero-order valence-corrected chi connectivity index (χ0v) is 37.5. The van der Waals surface area contributed by atoms with Crippen molar-refractivity contribution in [2.75, 3.05) is 33.0 Å². The molecule has 0 aromatic heterocycles. The molecule has 0 radical (unpaired) electrons. The van der Waals surface area contributed by atoms with Crippen LogP contribution in [-0.2, 0) is 27.9 Å². The highest BCUT2D eigenvalue weighted by molar-refractivity contribution is 7.47. The lowest BCUT2D eigenvalue weighted by Gasteiger charge is -2.20. The van der Waals surface area contributed by atoms with Gasteiger partial charge in [-0.05, 0) is 44.9 Å². The summed E-state index contributed by atoms with van der Waals surface area (Å²) in [5, 5.41) is 0. The molecule has 330 valence electrons. The Morgan fingerprint density at radius 2 is 1.00 bits per heavy atom. The third-order valence-corrected chi connectivity index (χ3v) is 11.1. The predicted molar refractivity (Wildman–Crippen MR) is 238 cm³/mol. The fourth-order valence-corrected chi connectivity index (χ4v) is 7.43. The lowest BCUT2D eigenvalue weighted by atomic mass is 10.0. The molecule has 0 bridgehead atoms. The average Bonchev–Trinajstić information content (AvgIpc) is 3.19. The van der Waals surface area contributed by atoms with Crippen molar-refractivity contribution in [2.45, 2.75) is 225 Å². The summed E-state index contributed by atoms with van der Waals surface area (Å²) >= 11 is 0. The highest BCUT2D eigenvalue weighted by atomic mass is 31.2. The van der Waals surface area contributed by atoms with Crippen LogP contribution in [0.5, 0.6) is 0 Å². The fourth-order valence-electron chi connectivity index (χ4n) is 6.66. The van der Waals surface area contributed by atoms with E-state index in [-0.39, 0.29) is 32.3 Å². The van der Waals surface area contributed by atoms with Crippen LogP contribution in [0, 0.1) is 0 Å². The average molecular weight is 812 g/mol. The zero-order valence-electron chi connectivity index (χ0n) is 36.6. The van der Waals surface area contributed by atoms with Crippen molar-refractivity contribution >= 4 is 13.8 Å². The molecule has 9 heteroatoms. The zero-order chi connectivity index (χ0) is 40.9. The monoisotopic (exact) mass is 812 g/mol. The summed E-state index contributed by atoms with van der Waals surface area (Å²) in [6.45, 7) is 4.82. The van der Waals surface area contributed by atoms with Gasteiger partial charge in [0.05, 0.1) is 19.8 Å². The summed E-state index contributed by atoms with van der Waals surface area (Å²) in [5.41, 5.74) is 5.37. The number of carbonyl (C=O) groups excluding carboxylic acids is 1. The minimum Gasteiger partial charge on any atom is -0.457 e. The van der Waals surface area contributed by atoms with Crippen molar-refractivity contribution in [1.29, 1.82) is 0 Å². The summed E-state index contributed by atoms with van der Waals surface area (Å²) in [6, 6.07) is 0. The van der Waals surface area contributed by atoms with E-state index < -0.39 is 13.9 Å².